The molecule has 0 N–H and O–H groups in total. The van der Waals surface area contributed by atoms with E-state index in [1.54, 1.807) is 19.3 Å². The van der Waals surface area contributed by atoms with Crippen LogP contribution in [0.1, 0.15) is 23.6 Å². The Morgan fingerprint density at radius 3 is 2.42 bits per heavy atom. The van der Waals surface area contributed by atoms with Gasteiger partial charge in [0.15, 0.2) is 0 Å². The molecule has 0 amide bonds. The molecule has 0 aliphatic rings. The van der Waals surface area contributed by atoms with Gasteiger partial charge >= 0.3 is 6.18 Å². The standard InChI is InChI=1S/C19H20F4N2O/c1-5-24-11-25(4)17-8-13(3)18(9-12(17)2)26-14-6-7-16(20)15(10-14)19(21,22)23/h6-11H,5H2,1-4H3. The van der Waals surface area contributed by atoms with Crippen molar-refractivity contribution in [2.75, 3.05) is 18.5 Å². The van der Waals surface area contributed by atoms with E-state index in [-0.39, 0.29) is 5.75 Å². The molecule has 0 heterocycles. The van der Waals surface area contributed by atoms with Crippen LogP contribution in [0, 0.1) is 19.7 Å². The van der Waals surface area contributed by atoms with E-state index in [0.717, 1.165) is 22.9 Å². The zero-order valence-corrected chi connectivity index (χ0v) is 15.0. The van der Waals surface area contributed by atoms with Gasteiger partial charge in [-0.05, 0) is 62.2 Å². The Labute approximate surface area is 149 Å². The Kier molecular flexibility index (Phi) is 5.90. The van der Waals surface area contributed by atoms with E-state index in [0.29, 0.717) is 18.4 Å². The molecule has 0 bridgehead atoms. The number of rotatable bonds is 5. The monoisotopic (exact) mass is 368 g/mol. The molecule has 0 radical (unpaired) electrons. The van der Waals surface area contributed by atoms with Crippen molar-refractivity contribution in [1.82, 2.24) is 0 Å². The number of halogens is 4. The summed E-state index contributed by atoms with van der Waals surface area (Å²) in [6, 6.07) is 6.19. The molecule has 3 nitrogen and oxygen atoms in total. The fourth-order valence-electron chi connectivity index (χ4n) is 2.44. The smallest absolute Gasteiger partial charge is 0.419 e. The SMILES string of the molecule is CCN=CN(C)c1cc(C)c(Oc2ccc(F)c(C(F)(F)F)c2)cc1C. The van der Waals surface area contributed by atoms with Gasteiger partial charge in [-0.15, -0.1) is 0 Å². The number of aliphatic imine (C=N–C) groups is 1. The quantitative estimate of drug-likeness (QED) is 0.382. The van der Waals surface area contributed by atoms with Crippen molar-refractivity contribution in [3.8, 4) is 11.5 Å². The molecule has 26 heavy (non-hydrogen) atoms. The number of nitrogens with zero attached hydrogens (tertiary/aromatic N) is 2. The van der Waals surface area contributed by atoms with E-state index in [1.165, 1.54) is 6.07 Å². The molecule has 140 valence electrons. The van der Waals surface area contributed by atoms with Crippen molar-refractivity contribution in [2.24, 2.45) is 4.99 Å². The summed E-state index contributed by atoms with van der Waals surface area (Å²) in [4.78, 5) is 6.03. The maximum absolute atomic E-state index is 13.4. The summed E-state index contributed by atoms with van der Waals surface area (Å²) in [6.07, 6.45) is -3.07. The number of ether oxygens (including phenoxy) is 1. The zero-order valence-electron chi connectivity index (χ0n) is 15.0. The van der Waals surface area contributed by atoms with Crippen LogP contribution in [0.15, 0.2) is 35.3 Å². The summed E-state index contributed by atoms with van der Waals surface area (Å²) in [5.74, 6) is -0.994. The van der Waals surface area contributed by atoms with Crippen molar-refractivity contribution in [3.05, 3.63) is 52.8 Å². The lowest BCUT2D eigenvalue weighted by Crippen LogP contribution is -2.16. The first-order valence-electron chi connectivity index (χ1n) is 8.02. The van der Waals surface area contributed by atoms with Gasteiger partial charge in [0.1, 0.15) is 17.3 Å². The largest absolute Gasteiger partial charge is 0.457 e. The maximum Gasteiger partial charge on any atom is 0.419 e. The molecule has 0 atom stereocenters. The van der Waals surface area contributed by atoms with E-state index in [4.69, 9.17) is 4.74 Å². The fraction of sp³-hybridized carbons (Fsp3) is 0.316. The highest BCUT2D eigenvalue weighted by atomic mass is 19.4. The first kappa shape index (κ1) is 19.8. The molecule has 0 fully saturated rings. The highest BCUT2D eigenvalue weighted by Crippen LogP contribution is 2.36. The molecule has 2 rings (SSSR count). The summed E-state index contributed by atoms with van der Waals surface area (Å²) in [6.45, 7) is 6.24. The van der Waals surface area contributed by atoms with E-state index >= 15 is 0 Å². The van der Waals surface area contributed by atoms with Crippen molar-refractivity contribution >= 4 is 12.0 Å². The number of aryl methyl sites for hydroxylation is 2. The minimum Gasteiger partial charge on any atom is -0.457 e. The summed E-state index contributed by atoms with van der Waals surface area (Å²) in [7, 11) is 1.86. The Balaban J connectivity index is 2.34. The van der Waals surface area contributed by atoms with Gasteiger partial charge in [0.05, 0.1) is 11.9 Å². The van der Waals surface area contributed by atoms with Crippen LogP contribution < -0.4 is 9.64 Å². The number of alkyl halides is 3. The van der Waals surface area contributed by atoms with Gasteiger partial charge in [-0.3, -0.25) is 4.99 Å². The molecule has 0 aliphatic carbocycles. The lowest BCUT2D eigenvalue weighted by molar-refractivity contribution is -0.140. The van der Waals surface area contributed by atoms with Crippen LogP contribution in [-0.2, 0) is 6.18 Å². The average Bonchev–Trinajstić information content (AvgIpc) is 2.56. The number of benzene rings is 2. The maximum atomic E-state index is 13.4. The molecule has 0 saturated carbocycles. The van der Waals surface area contributed by atoms with Crippen molar-refractivity contribution in [1.29, 1.82) is 0 Å². The van der Waals surface area contributed by atoms with Crippen molar-refractivity contribution in [3.63, 3.8) is 0 Å². The van der Waals surface area contributed by atoms with Gasteiger partial charge in [-0.2, -0.15) is 13.2 Å². The minimum absolute atomic E-state index is 0.0742. The second-order valence-corrected chi connectivity index (χ2v) is 5.87. The van der Waals surface area contributed by atoms with Crippen LogP contribution in [0.5, 0.6) is 11.5 Å². The normalized spacial score (nSPS) is 11.8. The topological polar surface area (TPSA) is 24.8 Å². The van der Waals surface area contributed by atoms with Gasteiger partial charge in [0, 0.05) is 19.3 Å². The molecule has 0 aliphatic heterocycles. The molecular formula is C19H20F4N2O. The highest BCUT2D eigenvalue weighted by Gasteiger charge is 2.34. The molecule has 0 spiro atoms. The summed E-state index contributed by atoms with van der Waals surface area (Å²) in [5.41, 5.74) is 1.16. The lowest BCUT2D eigenvalue weighted by Gasteiger charge is -2.19. The average molecular weight is 368 g/mol. The predicted molar refractivity (Wildman–Crippen MR) is 94.8 cm³/mol. The van der Waals surface area contributed by atoms with Gasteiger partial charge in [-0.25, -0.2) is 4.39 Å². The number of hydrogen-bond acceptors (Lipinski definition) is 2. The third-order valence-electron chi connectivity index (χ3n) is 3.78. The van der Waals surface area contributed by atoms with Crippen LogP contribution >= 0.6 is 0 Å². The Morgan fingerprint density at radius 1 is 1.12 bits per heavy atom. The summed E-state index contributed by atoms with van der Waals surface area (Å²) in [5, 5.41) is 0. The van der Waals surface area contributed by atoms with Crippen molar-refractivity contribution < 1.29 is 22.3 Å². The van der Waals surface area contributed by atoms with Crippen LogP contribution in [0.3, 0.4) is 0 Å². The van der Waals surface area contributed by atoms with Crippen LogP contribution in [0.2, 0.25) is 0 Å². The minimum atomic E-state index is -4.78. The predicted octanol–water partition coefficient (Wildman–Crippen LogP) is 5.74. The van der Waals surface area contributed by atoms with E-state index < -0.39 is 17.6 Å². The van der Waals surface area contributed by atoms with Crippen LogP contribution in [0.4, 0.5) is 23.2 Å². The first-order valence-corrected chi connectivity index (χ1v) is 8.02. The second-order valence-electron chi connectivity index (χ2n) is 5.87. The molecular weight excluding hydrogens is 348 g/mol. The summed E-state index contributed by atoms with van der Waals surface area (Å²) >= 11 is 0. The van der Waals surface area contributed by atoms with E-state index in [9.17, 15) is 17.6 Å². The highest BCUT2D eigenvalue weighted by molar-refractivity contribution is 5.80. The molecule has 0 saturated heterocycles. The fourth-order valence-corrected chi connectivity index (χ4v) is 2.44. The Hall–Kier alpha value is -2.57. The van der Waals surface area contributed by atoms with Crippen molar-refractivity contribution in [2.45, 2.75) is 26.9 Å². The van der Waals surface area contributed by atoms with Crippen LogP contribution in [0.25, 0.3) is 0 Å². The lowest BCUT2D eigenvalue weighted by atomic mass is 10.1. The van der Waals surface area contributed by atoms with Gasteiger partial charge in [0.2, 0.25) is 0 Å². The molecule has 0 aromatic heterocycles. The second kappa shape index (κ2) is 7.76. The molecule has 2 aromatic rings. The Bertz CT molecular complexity index is 816. The number of hydrogen-bond donors (Lipinski definition) is 0. The first-order chi connectivity index (χ1) is 12.1. The number of anilines is 1. The third-order valence-corrected chi connectivity index (χ3v) is 3.78. The zero-order chi connectivity index (χ0) is 19.5. The molecule has 0 unspecified atom stereocenters. The third kappa shape index (κ3) is 4.53. The van der Waals surface area contributed by atoms with E-state index in [2.05, 4.69) is 4.99 Å². The molecule has 7 heteroatoms. The Morgan fingerprint density at radius 2 is 1.81 bits per heavy atom. The van der Waals surface area contributed by atoms with E-state index in [1.807, 2.05) is 31.9 Å². The molecule has 2 aromatic carbocycles. The van der Waals surface area contributed by atoms with Gasteiger partial charge < -0.3 is 9.64 Å². The van der Waals surface area contributed by atoms with Crippen LogP contribution in [-0.4, -0.2) is 19.9 Å². The summed E-state index contributed by atoms with van der Waals surface area (Å²) < 4.78 is 57.5. The van der Waals surface area contributed by atoms with Gasteiger partial charge in [0.25, 0.3) is 0 Å². The van der Waals surface area contributed by atoms with Gasteiger partial charge in [-0.1, -0.05) is 0 Å².